The number of carbonyl (C=O) groups is 1. The lowest BCUT2D eigenvalue weighted by atomic mass is 10.1. The molecule has 0 aliphatic carbocycles. The Labute approximate surface area is 208 Å². The second kappa shape index (κ2) is 9.89. The normalized spacial score (nSPS) is 12.7. The van der Waals surface area contributed by atoms with Crippen LogP contribution in [0, 0.1) is 6.92 Å². The lowest BCUT2D eigenvalue weighted by molar-refractivity contribution is -0.142. The van der Waals surface area contributed by atoms with E-state index in [1.807, 2.05) is 25.1 Å². The fraction of sp³-hybridized carbons (Fsp3) is 0.160. The molecule has 0 bridgehead atoms. The van der Waals surface area contributed by atoms with Crippen LogP contribution < -0.4 is 4.72 Å². The van der Waals surface area contributed by atoms with Gasteiger partial charge in [0.05, 0.1) is 17.5 Å². The molecule has 1 heterocycles. The molecule has 0 spiro atoms. The Morgan fingerprint density at radius 1 is 1.06 bits per heavy atom. The summed E-state index contributed by atoms with van der Waals surface area (Å²) in [6.45, 7) is 1.88. The molecule has 0 amide bonds. The molecule has 3 aromatic carbocycles. The first kappa shape index (κ1) is 24.4. The van der Waals surface area contributed by atoms with Crippen LogP contribution in [0.2, 0.25) is 5.02 Å². The van der Waals surface area contributed by atoms with Gasteiger partial charge in [-0.25, -0.2) is 13.2 Å². The van der Waals surface area contributed by atoms with Gasteiger partial charge < -0.3 is 9.30 Å². The second-order valence-corrected chi connectivity index (χ2v) is 10.0. The molecular weight excluding hydrogens is 488 g/mol. The zero-order valence-electron chi connectivity index (χ0n) is 19.3. The molecule has 1 aromatic heterocycles. The van der Waals surface area contributed by atoms with Crippen molar-refractivity contribution in [2.75, 3.05) is 11.8 Å². The highest BCUT2D eigenvalue weighted by molar-refractivity contribution is 7.92. The Balaban J connectivity index is 1.82. The van der Waals surface area contributed by atoms with E-state index in [-0.39, 0.29) is 16.4 Å². The maximum absolute atomic E-state index is 13.2. The number of hydrogen-bond donors (Lipinski definition) is 1. The van der Waals surface area contributed by atoms with Crippen molar-refractivity contribution in [1.29, 1.82) is 0 Å². The number of fused-ring (bicyclic) bond motifs is 1. The first-order valence-corrected chi connectivity index (χ1v) is 12.5. The number of halogens is 1. The van der Waals surface area contributed by atoms with Gasteiger partial charge >= 0.3 is 5.97 Å². The maximum Gasteiger partial charge on any atom is 0.337 e. The highest BCUT2D eigenvalue weighted by Gasteiger charge is 2.24. The summed E-state index contributed by atoms with van der Waals surface area (Å²) < 4.78 is 35.6. The van der Waals surface area contributed by atoms with E-state index in [2.05, 4.69) is 15.0 Å². The van der Waals surface area contributed by atoms with Gasteiger partial charge in [0.1, 0.15) is 11.5 Å². The topological polar surface area (TPSA) is 102 Å². The third-order valence-corrected chi connectivity index (χ3v) is 7.09. The number of aromatic nitrogens is 1. The van der Waals surface area contributed by atoms with E-state index in [1.54, 1.807) is 54.1 Å². The molecule has 0 saturated carbocycles. The molecule has 0 radical (unpaired) electrons. The van der Waals surface area contributed by atoms with Crippen LogP contribution in [-0.2, 0) is 26.6 Å². The number of azo groups is 1. The van der Waals surface area contributed by atoms with Gasteiger partial charge in [-0.1, -0.05) is 59.6 Å². The maximum atomic E-state index is 13.2. The van der Waals surface area contributed by atoms with E-state index in [0.29, 0.717) is 16.0 Å². The summed E-state index contributed by atoms with van der Waals surface area (Å²) in [7, 11) is -0.938. The van der Waals surface area contributed by atoms with Crippen molar-refractivity contribution >= 4 is 50.0 Å². The molecule has 10 heteroatoms. The minimum absolute atomic E-state index is 0.114. The van der Waals surface area contributed by atoms with E-state index >= 15 is 0 Å². The van der Waals surface area contributed by atoms with Crippen molar-refractivity contribution in [2.45, 2.75) is 17.9 Å². The molecule has 0 aliphatic rings. The lowest BCUT2D eigenvalue weighted by Crippen LogP contribution is -2.15. The van der Waals surface area contributed by atoms with E-state index in [9.17, 15) is 13.2 Å². The number of methoxy groups -OCH3 is 1. The summed E-state index contributed by atoms with van der Waals surface area (Å²) in [5, 5.41) is 9.71. The SMILES string of the molecule is COC(=O)C(N=Nc1c(NS(=O)(=O)c2ccc(C)cc2)n(C)c2ccccc12)c1cccc(Cl)c1. The third-order valence-electron chi connectivity index (χ3n) is 5.50. The van der Waals surface area contributed by atoms with E-state index < -0.39 is 22.0 Å². The predicted molar refractivity (Wildman–Crippen MR) is 136 cm³/mol. The Morgan fingerprint density at radius 2 is 1.77 bits per heavy atom. The average molecular weight is 511 g/mol. The molecular formula is C25H23ClN4O4S. The van der Waals surface area contributed by atoms with Crippen LogP contribution in [0.25, 0.3) is 10.9 Å². The van der Waals surface area contributed by atoms with Gasteiger partial charge in [-0.3, -0.25) is 4.72 Å². The van der Waals surface area contributed by atoms with Gasteiger partial charge in [0, 0.05) is 17.5 Å². The number of esters is 1. The minimum atomic E-state index is -3.92. The van der Waals surface area contributed by atoms with Gasteiger partial charge in [0.15, 0.2) is 6.04 Å². The highest BCUT2D eigenvalue weighted by Crippen LogP contribution is 2.39. The van der Waals surface area contributed by atoms with Crippen molar-refractivity contribution in [3.63, 3.8) is 0 Å². The molecule has 180 valence electrons. The van der Waals surface area contributed by atoms with Crippen LogP contribution in [0.5, 0.6) is 0 Å². The third kappa shape index (κ3) is 5.06. The van der Waals surface area contributed by atoms with Crippen molar-refractivity contribution in [3.05, 3.63) is 88.9 Å². The van der Waals surface area contributed by atoms with Gasteiger partial charge in [0.2, 0.25) is 0 Å². The lowest BCUT2D eigenvalue weighted by Gasteiger charge is -2.12. The fourth-order valence-corrected chi connectivity index (χ4v) is 4.95. The van der Waals surface area contributed by atoms with E-state index in [0.717, 1.165) is 11.1 Å². The summed E-state index contributed by atoms with van der Waals surface area (Å²) >= 11 is 6.10. The second-order valence-electron chi connectivity index (χ2n) is 7.89. The minimum Gasteiger partial charge on any atom is -0.467 e. The summed E-state index contributed by atoms with van der Waals surface area (Å²) in [6, 6.07) is 19.4. The number of sulfonamides is 1. The number of carbonyl (C=O) groups excluding carboxylic acids is 1. The molecule has 0 fully saturated rings. The van der Waals surface area contributed by atoms with Crippen LogP contribution in [0.4, 0.5) is 11.5 Å². The Morgan fingerprint density at radius 3 is 2.46 bits per heavy atom. The summed E-state index contributed by atoms with van der Waals surface area (Å²) in [4.78, 5) is 12.6. The van der Waals surface area contributed by atoms with Crippen molar-refractivity contribution in [1.82, 2.24) is 4.57 Å². The van der Waals surface area contributed by atoms with Gasteiger partial charge in [-0.15, -0.1) is 0 Å². The number of nitrogens with zero attached hydrogens (tertiary/aromatic N) is 3. The summed E-state index contributed by atoms with van der Waals surface area (Å²) in [6.07, 6.45) is 0. The van der Waals surface area contributed by atoms with Crippen LogP contribution >= 0.6 is 11.6 Å². The average Bonchev–Trinajstić information content (AvgIpc) is 3.10. The zero-order chi connectivity index (χ0) is 25.2. The molecule has 0 saturated heterocycles. The molecule has 1 unspecified atom stereocenters. The quantitative estimate of drug-likeness (QED) is 0.245. The number of aryl methyl sites for hydroxylation is 2. The van der Waals surface area contributed by atoms with Gasteiger partial charge in [-0.05, 0) is 42.8 Å². The number of para-hydroxylation sites is 1. The van der Waals surface area contributed by atoms with Crippen molar-refractivity contribution in [2.24, 2.45) is 17.3 Å². The number of benzene rings is 3. The van der Waals surface area contributed by atoms with Gasteiger partial charge in [0.25, 0.3) is 10.0 Å². The van der Waals surface area contributed by atoms with Crippen molar-refractivity contribution in [3.8, 4) is 0 Å². The van der Waals surface area contributed by atoms with Crippen LogP contribution in [0.1, 0.15) is 17.2 Å². The molecule has 8 nitrogen and oxygen atoms in total. The Hall–Kier alpha value is -3.69. The number of ether oxygens (including phenoxy) is 1. The van der Waals surface area contributed by atoms with Crippen LogP contribution in [-0.4, -0.2) is 26.1 Å². The van der Waals surface area contributed by atoms with Crippen LogP contribution in [0.3, 0.4) is 0 Å². The number of hydrogen-bond acceptors (Lipinski definition) is 6. The Kier molecular flexibility index (Phi) is 6.90. The van der Waals surface area contributed by atoms with Crippen molar-refractivity contribution < 1.29 is 17.9 Å². The highest BCUT2D eigenvalue weighted by atomic mass is 35.5. The Bertz CT molecular complexity index is 1530. The fourth-order valence-electron chi connectivity index (χ4n) is 3.65. The standard InChI is InChI=1S/C25H23ClN4O4S/c1-16-11-13-19(14-12-16)35(32,33)29-24-23(20-9-4-5-10-21(20)30(24)2)28-27-22(25(31)34-3)17-7-6-8-18(26)15-17/h4-15,22,29H,1-3H3. The van der Waals surface area contributed by atoms with E-state index in [1.165, 1.54) is 19.2 Å². The molecule has 4 rings (SSSR count). The molecule has 4 aromatic rings. The first-order chi connectivity index (χ1) is 16.7. The number of anilines is 1. The molecule has 1 N–H and O–H groups in total. The smallest absolute Gasteiger partial charge is 0.337 e. The summed E-state index contributed by atoms with van der Waals surface area (Å²) in [5.74, 6) is -0.414. The largest absolute Gasteiger partial charge is 0.467 e. The first-order valence-electron chi connectivity index (χ1n) is 10.6. The zero-order valence-corrected chi connectivity index (χ0v) is 20.8. The molecule has 1 atom stereocenters. The predicted octanol–water partition coefficient (Wildman–Crippen LogP) is 5.94. The number of rotatable bonds is 7. The summed E-state index contributed by atoms with van der Waals surface area (Å²) in [5.41, 5.74) is 2.45. The van der Waals surface area contributed by atoms with Crippen LogP contribution in [0.15, 0.2) is 87.9 Å². The molecule has 35 heavy (non-hydrogen) atoms. The van der Waals surface area contributed by atoms with E-state index in [4.69, 9.17) is 16.3 Å². The molecule has 0 aliphatic heterocycles. The van der Waals surface area contributed by atoms with Gasteiger partial charge in [-0.2, -0.15) is 10.2 Å². The monoisotopic (exact) mass is 510 g/mol. The number of nitrogens with one attached hydrogen (secondary N) is 1.